The molecule has 14 heteroatoms. The van der Waals surface area contributed by atoms with E-state index in [1.807, 2.05) is 0 Å². The number of hydrogen-bond donors (Lipinski definition) is 4. The lowest BCUT2D eigenvalue weighted by Gasteiger charge is -2.13. The number of hydrogen-bond acceptors (Lipinski definition) is 9. The van der Waals surface area contributed by atoms with Gasteiger partial charge in [-0.1, -0.05) is 0 Å². The fourth-order valence-corrected chi connectivity index (χ4v) is 8.04. The van der Waals surface area contributed by atoms with E-state index in [2.05, 4.69) is 5.32 Å². The molecule has 0 bridgehead atoms. The molecule has 0 aliphatic heterocycles. The van der Waals surface area contributed by atoms with Crippen LogP contribution in [0.2, 0.25) is 0 Å². The molecule has 0 aliphatic rings. The molecule has 196 valence electrons. The Morgan fingerprint density at radius 2 is 1.84 bits per heavy atom. The number of halogens is 1. The summed E-state index contributed by atoms with van der Waals surface area (Å²) in [5, 5.41) is 30.8. The maximum absolute atomic E-state index is 13.7. The molecule has 10 nitrogen and oxygen atoms in total. The van der Waals surface area contributed by atoms with E-state index < -0.39 is 46.8 Å². The molecule has 4 aromatic rings. The van der Waals surface area contributed by atoms with Crippen molar-refractivity contribution in [3.8, 4) is 23.3 Å². The average Bonchev–Trinajstić information content (AvgIpc) is 3.29. The van der Waals surface area contributed by atoms with Crippen molar-refractivity contribution < 1.29 is 41.8 Å². The Hall–Kier alpha value is -3.95. The number of rotatable bonds is 8. The van der Waals surface area contributed by atoms with Crippen molar-refractivity contribution in [3.05, 3.63) is 77.6 Å². The Morgan fingerprint density at radius 1 is 1.08 bits per heavy atom. The minimum Gasteiger partial charge on any atom is -0.504 e. The van der Waals surface area contributed by atoms with Crippen molar-refractivity contribution in [2.75, 3.05) is 17.2 Å². The highest BCUT2D eigenvalue weighted by atomic mass is 32.2. The zero-order valence-electron chi connectivity index (χ0n) is 19.2. The van der Waals surface area contributed by atoms with Gasteiger partial charge in [0.25, 0.3) is 5.91 Å². The topological polar surface area (TPSA) is 174 Å². The van der Waals surface area contributed by atoms with E-state index in [9.17, 15) is 37.3 Å². The Balaban J connectivity index is 1.46. The number of benzene rings is 3. The van der Waals surface area contributed by atoms with Crippen LogP contribution in [0, 0.1) is 17.1 Å². The highest BCUT2D eigenvalue weighted by Crippen LogP contribution is 2.43. The van der Waals surface area contributed by atoms with Crippen LogP contribution in [0.4, 0.5) is 10.1 Å². The predicted molar refractivity (Wildman–Crippen MR) is 138 cm³/mol. The second-order valence-electron chi connectivity index (χ2n) is 8.00. The average molecular weight is 577 g/mol. The first kappa shape index (κ1) is 27.1. The Morgan fingerprint density at radius 3 is 2.53 bits per heavy atom. The lowest BCUT2D eigenvalue weighted by Crippen LogP contribution is -2.11. The summed E-state index contributed by atoms with van der Waals surface area (Å²) in [4.78, 5) is 22.5. The van der Waals surface area contributed by atoms with Gasteiger partial charge in [-0.25, -0.2) is 17.4 Å². The van der Waals surface area contributed by atoms with Gasteiger partial charge in [-0.3, -0.25) is 4.79 Å². The van der Waals surface area contributed by atoms with Gasteiger partial charge in [-0.05, 0) is 60.0 Å². The van der Waals surface area contributed by atoms with Gasteiger partial charge in [0.1, 0.15) is 21.8 Å². The number of aromatic hydroxyl groups is 2. The molecule has 0 radical (unpaired) electrons. The van der Waals surface area contributed by atoms with Crippen molar-refractivity contribution in [2.24, 2.45) is 0 Å². The largest absolute Gasteiger partial charge is 0.504 e. The molecule has 1 aromatic heterocycles. The highest BCUT2D eigenvalue weighted by Gasteiger charge is 2.27. The molecule has 0 fully saturated rings. The molecule has 4 N–H and O–H groups in total. The molecule has 4 rings (SSSR count). The monoisotopic (exact) mass is 576 g/mol. The normalized spacial score (nSPS) is 13.0. The number of sulfone groups is 1. The van der Waals surface area contributed by atoms with E-state index in [1.165, 1.54) is 18.2 Å². The number of thiophene rings is 1. The summed E-state index contributed by atoms with van der Waals surface area (Å²) < 4.78 is 57.3. The summed E-state index contributed by atoms with van der Waals surface area (Å²) >= 11 is 0.938. The van der Waals surface area contributed by atoms with Crippen LogP contribution in [0.5, 0.6) is 17.2 Å². The molecule has 0 aliphatic carbocycles. The maximum atomic E-state index is 13.7. The number of phenolic OH excluding ortho intramolecular Hbond substituents is 2. The number of carbonyl (C=O) groups is 1. The molecule has 1 atom stereocenters. The zero-order chi connectivity index (χ0) is 27.7. The Labute approximate surface area is 219 Å². The smallest absolute Gasteiger partial charge is 0.377 e. The highest BCUT2D eigenvalue weighted by molar-refractivity contribution is 7.94. The molecule has 0 spiro atoms. The lowest BCUT2D eigenvalue weighted by atomic mass is 10.1. The van der Waals surface area contributed by atoms with Gasteiger partial charge in [0.2, 0.25) is 0 Å². The molecular weight excluding hydrogens is 558 g/mol. The first-order valence-electron chi connectivity index (χ1n) is 10.7. The number of fused-ring (bicyclic) bond motifs is 1. The van der Waals surface area contributed by atoms with E-state index in [-0.39, 0.29) is 26.8 Å². The van der Waals surface area contributed by atoms with Crippen LogP contribution in [0.3, 0.4) is 0 Å². The first-order valence-corrected chi connectivity index (χ1v) is 14.9. The molecular formula is C24H18FN2O8PS2. The van der Waals surface area contributed by atoms with Crippen LogP contribution in [0.1, 0.15) is 15.9 Å². The molecule has 1 unspecified atom stereocenters. The summed E-state index contributed by atoms with van der Waals surface area (Å²) in [5.74, 6) is -3.38. The van der Waals surface area contributed by atoms with Gasteiger partial charge >= 0.3 is 7.60 Å². The summed E-state index contributed by atoms with van der Waals surface area (Å²) in [7, 11) is -8.48. The van der Waals surface area contributed by atoms with Crippen LogP contribution < -0.4 is 9.84 Å². The van der Waals surface area contributed by atoms with Gasteiger partial charge in [0.05, 0.1) is 17.5 Å². The van der Waals surface area contributed by atoms with Gasteiger partial charge in [0, 0.05) is 22.0 Å². The van der Waals surface area contributed by atoms with Crippen LogP contribution in [0.25, 0.3) is 10.1 Å². The van der Waals surface area contributed by atoms with E-state index in [4.69, 9.17) is 9.79 Å². The summed E-state index contributed by atoms with van der Waals surface area (Å²) in [6.45, 7) is 0. The van der Waals surface area contributed by atoms with Crippen molar-refractivity contribution in [1.82, 2.24) is 0 Å². The predicted octanol–water partition coefficient (Wildman–Crippen LogP) is 4.61. The second-order valence-corrected chi connectivity index (χ2v) is 13.3. The molecule has 0 saturated heterocycles. The van der Waals surface area contributed by atoms with Gasteiger partial charge in [0.15, 0.2) is 21.3 Å². The van der Waals surface area contributed by atoms with Crippen LogP contribution in [0.15, 0.2) is 64.9 Å². The number of nitriles is 1. The molecule has 0 saturated carbocycles. The third kappa shape index (κ3) is 6.12. The minimum absolute atomic E-state index is 0.0659. The number of anilines is 1. The number of nitrogens with zero attached hydrogens (tertiary/aromatic N) is 1. The van der Waals surface area contributed by atoms with Gasteiger partial charge in [-0.2, -0.15) is 5.26 Å². The number of amides is 1. The molecule has 38 heavy (non-hydrogen) atoms. The van der Waals surface area contributed by atoms with Crippen LogP contribution >= 0.6 is 18.9 Å². The van der Waals surface area contributed by atoms with Crippen LogP contribution in [-0.2, 0) is 14.4 Å². The summed E-state index contributed by atoms with van der Waals surface area (Å²) in [6, 6.07) is 14.2. The van der Waals surface area contributed by atoms with Gasteiger partial charge in [-0.15, -0.1) is 11.3 Å². The van der Waals surface area contributed by atoms with E-state index >= 15 is 0 Å². The fraction of sp³-hybridized carbons (Fsp3) is 0.0833. The molecule has 3 aromatic carbocycles. The zero-order valence-corrected chi connectivity index (χ0v) is 21.7. The number of carbonyl (C=O) groups excluding carboxylic acids is 1. The summed E-state index contributed by atoms with van der Waals surface area (Å²) in [6.07, 6.45) is -0.758. The van der Waals surface area contributed by atoms with Crippen molar-refractivity contribution in [2.45, 2.75) is 4.21 Å². The Bertz CT molecular complexity index is 1770. The number of nitrogens with one attached hydrogen (secondary N) is 1. The van der Waals surface area contributed by atoms with E-state index in [0.29, 0.717) is 15.8 Å². The summed E-state index contributed by atoms with van der Waals surface area (Å²) in [5.41, 5.74) is 0.160. The number of phenols is 2. The van der Waals surface area contributed by atoms with Crippen molar-refractivity contribution in [3.63, 3.8) is 0 Å². The minimum atomic E-state index is -4.47. The lowest BCUT2D eigenvalue weighted by molar-refractivity contribution is 0.102. The van der Waals surface area contributed by atoms with Crippen molar-refractivity contribution in [1.29, 1.82) is 5.26 Å². The first-order chi connectivity index (χ1) is 17.9. The molecule has 1 heterocycles. The molecule has 1 amide bonds. The fourth-order valence-electron chi connectivity index (χ4n) is 3.31. The standard InChI is InChI=1S/C24H18FN2O8PS2/c25-19-12-18(4-1-15(19)13-26)35-36(31,32)7-8-38(33,34)23-11-16-9-17(3-6-22(16)37-23)27-24(30)14-2-5-20(28)21(29)10-14/h1-6,9-12,28-29H,7-8H2,(H,27,30)(H,31,32). The van der Waals surface area contributed by atoms with E-state index in [0.717, 1.165) is 35.6 Å². The van der Waals surface area contributed by atoms with Crippen LogP contribution in [-0.4, -0.2) is 41.3 Å². The van der Waals surface area contributed by atoms with Crippen molar-refractivity contribution >= 4 is 50.5 Å². The second kappa shape index (κ2) is 10.4. The van der Waals surface area contributed by atoms with Gasteiger partial charge < -0.3 is 24.9 Å². The Kier molecular flexibility index (Phi) is 7.44. The maximum Gasteiger partial charge on any atom is 0.377 e. The third-order valence-electron chi connectivity index (χ3n) is 5.25. The SMILES string of the molecule is N#Cc1ccc(OP(=O)(O)CCS(=O)(=O)c2cc3cc(NC(=O)c4ccc(O)c(O)c4)ccc3s2)cc1F. The quantitative estimate of drug-likeness (QED) is 0.172. The third-order valence-corrected chi connectivity index (χ3v) is 10.2. The van der Waals surface area contributed by atoms with E-state index in [1.54, 1.807) is 24.3 Å².